The SMILES string of the molecule is CCCCCCCCCCCCNS(=O)(=O)c1ccccc1[CH2][Sn]([CH3])([CH3])[CH3]. The average Bonchev–Trinajstić information content (AvgIpc) is 2.58. The zero-order valence-corrected chi connectivity index (χ0v) is 21.7. The first-order chi connectivity index (χ1) is 12.8. The van der Waals surface area contributed by atoms with Gasteiger partial charge in [-0.2, -0.15) is 0 Å². The van der Waals surface area contributed by atoms with E-state index in [1.165, 1.54) is 51.4 Å². The number of nitrogens with one attached hydrogen (secondary N) is 1. The molecule has 1 rings (SSSR count). The molecule has 1 N–H and O–H groups in total. The number of rotatable bonds is 15. The van der Waals surface area contributed by atoms with E-state index in [1.54, 1.807) is 6.07 Å². The van der Waals surface area contributed by atoms with Gasteiger partial charge in [0.2, 0.25) is 0 Å². The van der Waals surface area contributed by atoms with Crippen LogP contribution in [-0.4, -0.2) is 33.3 Å². The van der Waals surface area contributed by atoms with Crippen molar-refractivity contribution in [3.63, 3.8) is 0 Å². The molecule has 0 bridgehead atoms. The van der Waals surface area contributed by atoms with Crippen LogP contribution in [0, 0.1) is 0 Å². The first-order valence-electron chi connectivity index (χ1n) is 10.8. The molecule has 27 heavy (non-hydrogen) atoms. The third kappa shape index (κ3) is 11.5. The van der Waals surface area contributed by atoms with Crippen LogP contribution in [0.25, 0.3) is 0 Å². The van der Waals surface area contributed by atoms with Crippen molar-refractivity contribution in [1.82, 2.24) is 4.72 Å². The number of sulfonamides is 1. The van der Waals surface area contributed by atoms with Gasteiger partial charge in [-0.1, -0.05) is 32.6 Å². The van der Waals surface area contributed by atoms with Crippen molar-refractivity contribution >= 4 is 28.4 Å². The first-order valence-corrected chi connectivity index (χ1v) is 22.9. The van der Waals surface area contributed by atoms with Crippen LogP contribution in [0.1, 0.15) is 76.7 Å². The van der Waals surface area contributed by atoms with E-state index < -0.39 is 28.4 Å². The number of unbranched alkanes of at least 4 members (excludes halogenated alkanes) is 9. The zero-order chi connectivity index (χ0) is 20.2. The Hall–Kier alpha value is -0.0713. The van der Waals surface area contributed by atoms with Crippen LogP contribution >= 0.6 is 0 Å². The van der Waals surface area contributed by atoms with Gasteiger partial charge in [-0.05, 0) is 0 Å². The third-order valence-electron chi connectivity index (χ3n) is 4.81. The minimum absolute atomic E-state index is 0.490. The molecule has 0 radical (unpaired) electrons. The molecule has 5 heteroatoms. The Bertz CT molecular complexity index is 623. The van der Waals surface area contributed by atoms with Crippen LogP contribution in [0.5, 0.6) is 0 Å². The molecule has 1 aromatic rings. The van der Waals surface area contributed by atoms with Crippen molar-refractivity contribution in [2.75, 3.05) is 6.54 Å². The fourth-order valence-electron chi connectivity index (χ4n) is 3.38. The summed E-state index contributed by atoms with van der Waals surface area (Å²) in [5, 5.41) is 0. The van der Waals surface area contributed by atoms with Crippen LogP contribution in [0.2, 0.25) is 14.8 Å². The fourth-order valence-corrected chi connectivity index (χ4v) is 9.20. The average molecular weight is 502 g/mol. The summed E-state index contributed by atoms with van der Waals surface area (Å²) in [6.45, 7) is 2.80. The molecule has 0 aliphatic rings. The predicted octanol–water partition coefficient (Wildman–Crippen LogP) is 6.31. The fraction of sp³-hybridized carbons (Fsp3) is 0.727. The molecule has 0 spiro atoms. The van der Waals surface area contributed by atoms with Gasteiger partial charge in [0.1, 0.15) is 0 Å². The second-order valence-corrected chi connectivity index (χ2v) is 26.3. The zero-order valence-electron chi connectivity index (χ0n) is 18.0. The molecule has 0 amide bonds. The van der Waals surface area contributed by atoms with Crippen LogP contribution < -0.4 is 4.72 Å². The molecule has 1 aromatic carbocycles. The molecule has 0 aliphatic carbocycles. The second-order valence-electron chi connectivity index (χ2n) is 8.92. The summed E-state index contributed by atoms with van der Waals surface area (Å²) in [5.41, 5.74) is 0.997. The van der Waals surface area contributed by atoms with Gasteiger partial charge in [-0.25, -0.2) is 0 Å². The summed E-state index contributed by atoms with van der Waals surface area (Å²) < 4.78 is 29.2. The molecule has 156 valence electrons. The van der Waals surface area contributed by atoms with Gasteiger partial charge in [0.15, 0.2) is 0 Å². The predicted molar refractivity (Wildman–Crippen MR) is 121 cm³/mol. The summed E-state index contributed by atoms with van der Waals surface area (Å²) in [7, 11) is -3.39. The maximum atomic E-state index is 12.7. The summed E-state index contributed by atoms with van der Waals surface area (Å²) in [6, 6.07) is 7.52. The molecule has 0 atom stereocenters. The topological polar surface area (TPSA) is 46.2 Å². The first kappa shape index (κ1) is 25.0. The van der Waals surface area contributed by atoms with Gasteiger partial charge in [0, 0.05) is 0 Å². The number of hydrogen-bond acceptors (Lipinski definition) is 2. The van der Waals surface area contributed by atoms with Crippen LogP contribution in [0.4, 0.5) is 0 Å². The van der Waals surface area contributed by atoms with E-state index >= 15 is 0 Å². The van der Waals surface area contributed by atoms with Crippen molar-refractivity contribution in [1.29, 1.82) is 0 Å². The Morgan fingerprint density at radius 2 is 1.33 bits per heavy atom. The van der Waals surface area contributed by atoms with Gasteiger partial charge < -0.3 is 0 Å². The molecule has 0 fully saturated rings. The normalized spacial score (nSPS) is 12.4. The standard InChI is InChI=1S/C19H32NO2S.3CH3.Sn/c1-3-4-5-6-7-8-9-10-11-14-17-20-23(21,22)19-16-13-12-15-18(19)2;;;;/h12-13,15-16,20H,2-11,14,17H2,1H3;3*1H3;. The van der Waals surface area contributed by atoms with E-state index in [9.17, 15) is 8.42 Å². The van der Waals surface area contributed by atoms with Gasteiger partial charge in [0.25, 0.3) is 0 Å². The van der Waals surface area contributed by atoms with Gasteiger partial charge in [0.05, 0.1) is 0 Å². The minimum atomic E-state index is -3.39. The van der Waals surface area contributed by atoms with Crippen molar-refractivity contribution in [3.8, 4) is 0 Å². The summed E-state index contributed by atoms with van der Waals surface area (Å²) in [4.78, 5) is 7.52. The Morgan fingerprint density at radius 1 is 0.815 bits per heavy atom. The van der Waals surface area contributed by atoms with E-state index in [0.717, 1.165) is 22.8 Å². The number of benzene rings is 1. The quantitative estimate of drug-likeness (QED) is 0.226. The Labute approximate surface area is 172 Å². The monoisotopic (exact) mass is 503 g/mol. The van der Waals surface area contributed by atoms with Crippen molar-refractivity contribution in [3.05, 3.63) is 29.8 Å². The van der Waals surface area contributed by atoms with Crippen LogP contribution in [0.15, 0.2) is 29.2 Å². The van der Waals surface area contributed by atoms with E-state index in [0.29, 0.717) is 11.4 Å². The van der Waals surface area contributed by atoms with Gasteiger partial charge in [-0.3, -0.25) is 0 Å². The Morgan fingerprint density at radius 3 is 1.89 bits per heavy atom. The molecule has 0 saturated carbocycles. The summed E-state index contributed by atoms with van der Waals surface area (Å²) in [5.74, 6) is 0. The molecular weight excluding hydrogens is 461 g/mol. The molecular formula is C22H41NO2SSn. The molecule has 0 unspecified atom stereocenters. The van der Waals surface area contributed by atoms with E-state index in [1.807, 2.05) is 18.2 Å². The molecule has 0 aromatic heterocycles. The third-order valence-corrected chi connectivity index (χ3v) is 10.5. The van der Waals surface area contributed by atoms with E-state index in [2.05, 4.69) is 26.5 Å². The maximum absolute atomic E-state index is 12.7. The molecule has 0 heterocycles. The molecule has 0 aliphatic heterocycles. The Balaban J connectivity index is 2.31. The van der Waals surface area contributed by atoms with Crippen LogP contribution in [0.3, 0.4) is 0 Å². The molecule has 0 saturated heterocycles. The van der Waals surface area contributed by atoms with E-state index in [4.69, 9.17) is 0 Å². The van der Waals surface area contributed by atoms with Crippen LogP contribution in [-0.2, 0) is 14.5 Å². The molecule has 3 nitrogen and oxygen atoms in total. The summed E-state index contributed by atoms with van der Waals surface area (Å²) >= 11 is -2.10. The Kier molecular flexibility index (Phi) is 12.2. The number of hydrogen-bond donors (Lipinski definition) is 1. The summed E-state index contributed by atoms with van der Waals surface area (Å²) in [6.07, 6.45) is 12.6. The van der Waals surface area contributed by atoms with Gasteiger partial charge >= 0.3 is 141 Å². The van der Waals surface area contributed by atoms with Crippen molar-refractivity contribution < 1.29 is 8.42 Å². The van der Waals surface area contributed by atoms with Crippen molar-refractivity contribution in [2.24, 2.45) is 0 Å². The van der Waals surface area contributed by atoms with Gasteiger partial charge in [-0.15, -0.1) is 0 Å². The second kappa shape index (κ2) is 13.2. The van der Waals surface area contributed by atoms with Crippen molar-refractivity contribution in [2.45, 2.75) is 95.3 Å². The van der Waals surface area contributed by atoms with E-state index in [-0.39, 0.29) is 0 Å².